The number of anilines is 1. The number of rotatable bonds is 4. The largest absolute Gasteiger partial charge is 0.416 e. The second-order valence-electron chi connectivity index (χ2n) is 6.03. The lowest BCUT2D eigenvalue weighted by atomic mass is 10.1. The Morgan fingerprint density at radius 1 is 1.27 bits per heavy atom. The van der Waals surface area contributed by atoms with Crippen LogP contribution in [-0.4, -0.2) is 23.3 Å². The van der Waals surface area contributed by atoms with Gasteiger partial charge in [0.15, 0.2) is 0 Å². The number of halogens is 3. The number of benzene rings is 1. The third kappa shape index (κ3) is 4.01. The summed E-state index contributed by atoms with van der Waals surface area (Å²) in [5.74, 6) is -1.28. The van der Waals surface area contributed by atoms with Gasteiger partial charge in [0.2, 0.25) is 11.8 Å². The quantitative estimate of drug-likeness (QED) is 0.909. The van der Waals surface area contributed by atoms with Crippen molar-refractivity contribution in [2.24, 2.45) is 5.92 Å². The van der Waals surface area contributed by atoms with Crippen LogP contribution in [0.25, 0.3) is 0 Å². The summed E-state index contributed by atoms with van der Waals surface area (Å²) >= 11 is 0. The highest BCUT2D eigenvalue weighted by Gasteiger charge is 2.36. The van der Waals surface area contributed by atoms with E-state index in [0.717, 1.165) is 17.7 Å². The molecule has 1 aliphatic rings. The van der Waals surface area contributed by atoms with Gasteiger partial charge in [-0.1, -0.05) is 12.1 Å². The van der Waals surface area contributed by atoms with Crippen LogP contribution >= 0.6 is 0 Å². The molecule has 3 rings (SSSR count). The van der Waals surface area contributed by atoms with Gasteiger partial charge in [0.05, 0.1) is 11.5 Å². The van der Waals surface area contributed by atoms with Crippen LogP contribution in [0.5, 0.6) is 0 Å². The maximum Gasteiger partial charge on any atom is 0.416 e. The minimum absolute atomic E-state index is 0.0326. The minimum atomic E-state index is -4.49. The Bertz CT molecular complexity index is 809. The molecule has 1 fully saturated rings. The Balaban J connectivity index is 1.66. The maximum atomic E-state index is 12.8. The standard InChI is InChI=1S/C18H16F3N3O2/c19-18(20,21)14-4-1-5-15(8-14)24-11-13(7-16(24)25)17(26)23-10-12-3-2-6-22-9-12/h1-6,8-9,13H,7,10-11H2,(H,23,26)/t13-/m0/s1. The van der Waals surface area contributed by atoms with Crippen molar-refractivity contribution in [1.29, 1.82) is 0 Å². The molecule has 1 aromatic carbocycles. The summed E-state index contributed by atoms with van der Waals surface area (Å²) in [7, 11) is 0. The third-order valence-corrected chi connectivity index (χ3v) is 4.17. The molecule has 136 valence electrons. The van der Waals surface area contributed by atoms with Crippen molar-refractivity contribution in [1.82, 2.24) is 10.3 Å². The number of alkyl halides is 3. The zero-order valence-electron chi connectivity index (χ0n) is 13.7. The van der Waals surface area contributed by atoms with E-state index in [9.17, 15) is 22.8 Å². The number of carbonyl (C=O) groups is 2. The second kappa shape index (κ2) is 7.15. The molecule has 0 radical (unpaired) electrons. The maximum absolute atomic E-state index is 12.8. The monoisotopic (exact) mass is 363 g/mol. The normalized spacial score (nSPS) is 17.4. The van der Waals surface area contributed by atoms with E-state index in [1.54, 1.807) is 18.5 Å². The lowest BCUT2D eigenvalue weighted by molar-refractivity contribution is -0.137. The number of amides is 2. The van der Waals surface area contributed by atoms with Gasteiger partial charge in [0.25, 0.3) is 0 Å². The molecule has 8 heteroatoms. The van der Waals surface area contributed by atoms with E-state index in [1.165, 1.54) is 17.0 Å². The van der Waals surface area contributed by atoms with E-state index in [-0.39, 0.29) is 37.0 Å². The van der Waals surface area contributed by atoms with Crippen molar-refractivity contribution in [2.75, 3.05) is 11.4 Å². The van der Waals surface area contributed by atoms with E-state index in [2.05, 4.69) is 10.3 Å². The lowest BCUT2D eigenvalue weighted by Crippen LogP contribution is -2.32. The molecular formula is C18H16F3N3O2. The third-order valence-electron chi connectivity index (χ3n) is 4.17. The van der Waals surface area contributed by atoms with Crippen molar-refractivity contribution >= 4 is 17.5 Å². The van der Waals surface area contributed by atoms with Gasteiger partial charge in [-0.25, -0.2) is 0 Å². The molecule has 5 nitrogen and oxygen atoms in total. The highest BCUT2D eigenvalue weighted by atomic mass is 19.4. The molecule has 2 aromatic rings. The van der Waals surface area contributed by atoms with E-state index >= 15 is 0 Å². The first-order valence-corrected chi connectivity index (χ1v) is 7.99. The summed E-state index contributed by atoms with van der Waals surface area (Å²) in [4.78, 5) is 29.6. The van der Waals surface area contributed by atoms with E-state index in [0.29, 0.717) is 0 Å². The first-order chi connectivity index (χ1) is 12.3. The van der Waals surface area contributed by atoms with E-state index < -0.39 is 17.7 Å². The Kier molecular flexibility index (Phi) is 4.92. The summed E-state index contributed by atoms with van der Waals surface area (Å²) in [6, 6.07) is 8.11. The van der Waals surface area contributed by atoms with Crippen molar-refractivity contribution < 1.29 is 22.8 Å². The summed E-state index contributed by atoms with van der Waals surface area (Å²) in [6.07, 6.45) is -1.28. The molecule has 1 saturated heterocycles. The SMILES string of the molecule is O=C(NCc1cccnc1)[C@H]1CC(=O)N(c2cccc(C(F)(F)F)c2)C1. The summed E-state index contributed by atoms with van der Waals surface area (Å²) in [6.45, 7) is 0.333. The van der Waals surface area contributed by atoms with Gasteiger partial charge in [-0.2, -0.15) is 13.2 Å². The smallest absolute Gasteiger partial charge is 0.352 e. The zero-order chi connectivity index (χ0) is 18.7. The molecule has 0 saturated carbocycles. The molecule has 2 amide bonds. The average molecular weight is 363 g/mol. The van der Waals surface area contributed by atoms with Gasteiger partial charge in [0.1, 0.15) is 0 Å². The second-order valence-corrected chi connectivity index (χ2v) is 6.03. The van der Waals surface area contributed by atoms with Crippen LogP contribution < -0.4 is 10.2 Å². The Hall–Kier alpha value is -2.90. The zero-order valence-corrected chi connectivity index (χ0v) is 13.7. The highest BCUT2D eigenvalue weighted by molar-refractivity contribution is 6.00. The fourth-order valence-electron chi connectivity index (χ4n) is 2.82. The van der Waals surface area contributed by atoms with Gasteiger partial charge in [-0.3, -0.25) is 14.6 Å². The summed E-state index contributed by atoms with van der Waals surface area (Å²) < 4.78 is 38.5. The first kappa shape index (κ1) is 17.9. The van der Waals surface area contributed by atoms with Gasteiger partial charge >= 0.3 is 6.18 Å². The van der Waals surface area contributed by atoms with E-state index in [1.807, 2.05) is 6.07 Å². The molecule has 1 atom stereocenters. The van der Waals surface area contributed by atoms with Gasteiger partial charge in [-0.15, -0.1) is 0 Å². The van der Waals surface area contributed by atoms with Crippen LogP contribution in [0, 0.1) is 5.92 Å². The molecule has 1 N–H and O–H groups in total. The lowest BCUT2D eigenvalue weighted by Gasteiger charge is -2.18. The molecule has 0 unspecified atom stereocenters. The summed E-state index contributed by atoms with van der Waals surface area (Å²) in [5.41, 5.74) is 0.138. The number of hydrogen-bond donors (Lipinski definition) is 1. The number of hydrogen-bond acceptors (Lipinski definition) is 3. The molecule has 1 aromatic heterocycles. The Morgan fingerprint density at radius 3 is 2.77 bits per heavy atom. The number of aromatic nitrogens is 1. The molecular weight excluding hydrogens is 347 g/mol. The minimum Gasteiger partial charge on any atom is -0.352 e. The van der Waals surface area contributed by atoms with Crippen molar-refractivity contribution in [3.63, 3.8) is 0 Å². The number of carbonyl (C=O) groups excluding carboxylic acids is 2. The fraction of sp³-hybridized carbons (Fsp3) is 0.278. The van der Waals surface area contributed by atoms with Crippen LogP contribution in [0.1, 0.15) is 17.5 Å². The van der Waals surface area contributed by atoms with Crippen LogP contribution in [0.4, 0.5) is 18.9 Å². The summed E-state index contributed by atoms with van der Waals surface area (Å²) in [5, 5.41) is 2.73. The highest BCUT2D eigenvalue weighted by Crippen LogP contribution is 2.33. The fourth-order valence-corrected chi connectivity index (χ4v) is 2.82. The molecule has 1 aliphatic heterocycles. The molecule has 0 aliphatic carbocycles. The number of nitrogens with one attached hydrogen (secondary N) is 1. The molecule has 26 heavy (non-hydrogen) atoms. The predicted octanol–water partition coefficient (Wildman–Crippen LogP) is 2.77. The van der Waals surface area contributed by atoms with Gasteiger partial charge in [0, 0.05) is 37.6 Å². The Labute approximate surface area is 147 Å². The van der Waals surface area contributed by atoms with Crippen molar-refractivity contribution in [3.8, 4) is 0 Å². The van der Waals surface area contributed by atoms with Crippen LogP contribution in [0.15, 0.2) is 48.8 Å². The van der Waals surface area contributed by atoms with E-state index in [4.69, 9.17) is 0 Å². The molecule has 0 bridgehead atoms. The van der Waals surface area contributed by atoms with Gasteiger partial charge in [-0.05, 0) is 29.8 Å². The van der Waals surface area contributed by atoms with Gasteiger partial charge < -0.3 is 10.2 Å². The van der Waals surface area contributed by atoms with Crippen LogP contribution in [-0.2, 0) is 22.3 Å². The van der Waals surface area contributed by atoms with Crippen LogP contribution in [0.2, 0.25) is 0 Å². The predicted molar refractivity (Wildman–Crippen MR) is 88.0 cm³/mol. The average Bonchev–Trinajstić information content (AvgIpc) is 3.02. The van der Waals surface area contributed by atoms with Crippen LogP contribution in [0.3, 0.4) is 0 Å². The number of nitrogens with zero attached hydrogens (tertiary/aromatic N) is 2. The Morgan fingerprint density at radius 2 is 2.08 bits per heavy atom. The molecule has 0 spiro atoms. The topological polar surface area (TPSA) is 62.3 Å². The molecule has 2 heterocycles. The number of pyridine rings is 1. The first-order valence-electron chi connectivity index (χ1n) is 7.99. The van der Waals surface area contributed by atoms with Crippen molar-refractivity contribution in [2.45, 2.75) is 19.1 Å². The van der Waals surface area contributed by atoms with Crippen molar-refractivity contribution in [3.05, 3.63) is 59.9 Å².